The summed E-state index contributed by atoms with van der Waals surface area (Å²) >= 11 is 0. The van der Waals surface area contributed by atoms with E-state index in [2.05, 4.69) is 9.97 Å². The van der Waals surface area contributed by atoms with Gasteiger partial charge in [0.1, 0.15) is 5.82 Å². The number of rotatable bonds is 1. The summed E-state index contributed by atoms with van der Waals surface area (Å²) in [4.78, 5) is 17.2. The molecule has 1 aromatic heterocycles. The van der Waals surface area contributed by atoms with Crippen molar-refractivity contribution in [3.63, 3.8) is 0 Å². The zero-order valence-electron chi connectivity index (χ0n) is 9.68. The van der Waals surface area contributed by atoms with Crippen LogP contribution in [0.2, 0.25) is 0 Å². The summed E-state index contributed by atoms with van der Waals surface area (Å²) in [5.41, 5.74) is -1.60. The predicted molar refractivity (Wildman–Crippen MR) is 60.0 cm³/mol. The van der Waals surface area contributed by atoms with Crippen molar-refractivity contribution in [3.8, 4) is 11.4 Å². The van der Waals surface area contributed by atoms with Gasteiger partial charge >= 0.3 is 6.18 Å². The van der Waals surface area contributed by atoms with Gasteiger partial charge in [-0.2, -0.15) is 17.6 Å². The number of nitrogens with zero attached hydrogens (tertiary/aromatic N) is 1. The second kappa shape index (κ2) is 4.49. The van der Waals surface area contributed by atoms with E-state index in [9.17, 15) is 22.4 Å². The Morgan fingerprint density at radius 3 is 2.21 bits per heavy atom. The third-order valence-corrected chi connectivity index (χ3v) is 2.51. The van der Waals surface area contributed by atoms with Gasteiger partial charge in [0.15, 0.2) is 0 Å². The Morgan fingerprint density at radius 1 is 1.16 bits per heavy atom. The average Bonchev–Trinajstić information content (AvgIpc) is 2.34. The Kier molecular flexibility index (Phi) is 3.13. The van der Waals surface area contributed by atoms with Crippen molar-refractivity contribution in [1.29, 1.82) is 0 Å². The first-order valence-electron chi connectivity index (χ1n) is 5.23. The third kappa shape index (κ3) is 2.64. The van der Waals surface area contributed by atoms with E-state index in [4.69, 9.17) is 0 Å². The van der Waals surface area contributed by atoms with Crippen LogP contribution in [0.1, 0.15) is 11.3 Å². The Labute approximate surface area is 104 Å². The summed E-state index contributed by atoms with van der Waals surface area (Å²) in [6.07, 6.45) is -4.43. The van der Waals surface area contributed by atoms with Gasteiger partial charge in [0.25, 0.3) is 5.56 Å². The molecule has 2 aromatic rings. The molecule has 100 valence electrons. The second-order valence-corrected chi connectivity index (χ2v) is 3.89. The summed E-state index contributed by atoms with van der Waals surface area (Å²) in [5.74, 6) is -0.978. The molecule has 1 N–H and O–H groups in total. The average molecular weight is 272 g/mol. The number of H-pyrrole nitrogens is 1. The van der Waals surface area contributed by atoms with Gasteiger partial charge in [0.05, 0.1) is 11.3 Å². The fraction of sp³-hybridized carbons (Fsp3) is 0.167. The van der Waals surface area contributed by atoms with Crippen molar-refractivity contribution in [2.45, 2.75) is 13.1 Å². The van der Waals surface area contributed by atoms with E-state index in [0.717, 1.165) is 12.1 Å². The molecule has 3 nitrogen and oxygen atoms in total. The Morgan fingerprint density at radius 2 is 1.74 bits per heavy atom. The number of alkyl halides is 3. The van der Waals surface area contributed by atoms with Crippen molar-refractivity contribution < 1.29 is 17.6 Å². The number of hydrogen-bond acceptors (Lipinski definition) is 2. The molecule has 0 radical (unpaired) electrons. The van der Waals surface area contributed by atoms with Crippen LogP contribution in [-0.4, -0.2) is 9.97 Å². The molecule has 0 aliphatic rings. The van der Waals surface area contributed by atoms with Crippen molar-refractivity contribution in [3.05, 3.63) is 51.7 Å². The van der Waals surface area contributed by atoms with Crippen LogP contribution in [0.4, 0.5) is 17.6 Å². The molecule has 1 aromatic carbocycles. The predicted octanol–water partition coefficient (Wildman–Crippen LogP) is 2.90. The second-order valence-electron chi connectivity index (χ2n) is 3.89. The highest BCUT2D eigenvalue weighted by Gasteiger charge is 2.30. The zero-order valence-corrected chi connectivity index (χ0v) is 9.68. The molecular formula is C12H8F4N2O. The number of hydrogen-bond donors (Lipinski definition) is 1. The Balaban J connectivity index is 2.46. The molecule has 0 saturated carbocycles. The molecule has 0 unspecified atom stereocenters. The van der Waals surface area contributed by atoms with Gasteiger partial charge in [-0.1, -0.05) is 12.1 Å². The van der Waals surface area contributed by atoms with Gasteiger partial charge in [0.2, 0.25) is 5.82 Å². The standard InChI is InChI=1S/C12H8F4N2O/c1-6-9(13)11(19)18-10(17-6)7-2-4-8(5-3-7)12(14,15)16/h2-5H,1H3,(H,17,18,19). The van der Waals surface area contributed by atoms with E-state index in [1.54, 1.807) is 0 Å². The van der Waals surface area contributed by atoms with Gasteiger partial charge in [-0.3, -0.25) is 4.79 Å². The molecule has 0 aliphatic heterocycles. The maximum Gasteiger partial charge on any atom is 0.416 e. The Bertz CT molecular complexity index is 659. The normalized spacial score (nSPS) is 11.6. The van der Waals surface area contributed by atoms with Crippen molar-refractivity contribution in [2.24, 2.45) is 0 Å². The van der Waals surface area contributed by atoms with Gasteiger partial charge < -0.3 is 4.98 Å². The lowest BCUT2D eigenvalue weighted by atomic mass is 10.1. The summed E-state index contributed by atoms with van der Waals surface area (Å²) < 4.78 is 50.2. The molecule has 19 heavy (non-hydrogen) atoms. The molecule has 7 heteroatoms. The van der Waals surface area contributed by atoms with E-state index < -0.39 is 23.1 Å². The summed E-state index contributed by atoms with van der Waals surface area (Å²) in [6.45, 7) is 1.30. The monoisotopic (exact) mass is 272 g/mol. The van der Waals surface area contributed by atoms with E-state index in [-0.39, 0.29) is 17.1 Å². The van der Waals surface area contributed by atoms with Crippen molar-refractivity contribution in [2.75, 3.05) is 0 Å². The first-order valence-corrected chi connectivity index (χ1v) is 5.23. The number of benzene rings is 1. The number of nitrogens with one attached hydrogen (secondary N) is 1. The summed E-state index contributed by atoms with van der Waals surface area (Å²) in [6, 6.07) is 4.07. The molecule has 0 atom stereocenters. The highest BCUT2D eigenvalue weighted by atomic mass is 19.4. The van der Waals surface area contributed by atoms with Crippen LogP contribution in [0, 0.1) is 12.7 Å². The largest absolute Gasteiger partial charge is 0.416 e. The molecule has 2 rings (SSSR count). The maximum absolute atomic E-state index is 13.1. The lowest BCUT2D eigenvalue weighted by Gasteiger charge is -2.07. The molecule has 0 fully saturated rings. The van der Waals surface area contributed by atoms with E-state index in [1.807, 2.05) is 0 Å². The topological polar surface area (TPSA) is 45.8 Å². The van der Waals surface area contributed by atoms with Crippen LogP contribution in [0.15, 0.2) is 29.1 Å². The van der Waals surface area contributed by atoms with Crippen molar-refractivity contribution in [1.82, 2.24) is 9.97 Å². The quantitative estimate of drug-likeness (QED) is 0.811. The minimum Gasteiger partial charge on any atom is -0.304 e. The van der Waals surface area contributed by atoms with Crippen LogP contribution >= 0.6 is 0 Å². The minimum absolute atomic E-state index is 0.0256. The fourth-order valence-electron chi connectivity index (χ4n) is 1.53. The molecule has 0 aliphatic carbocycles. The van der Waals surface area contributed by atoms with E-state index in [1.165, 1.54) is 19.1 Å². The van der Waals surface area contributed by atoms with Crippen LogP contribution in [0.25, 0.3) is 11.4 Å². The van der Waals surface area contributed by atoms with Crippen LogP contribution in [0.5, 0.6) is 0 Å². The van der Waals surface area contributed by atoms with Crippen LogP contribution < -0.4 is 5.56 Å². The number of aromatic nitrogens is 2. The Hall–Kier alpha value is -2.18. The van der Waals surface area contributed by atoms with Gasteiger partial charge in [0, 0.05) is 5.56 Å². The minimum atomic E-state index is -4.43. The molecule has 1 heterocycles. The number of aromatic amines is 1. The number of aryl methyl sites for hydroxylation is 1. The summed E-state index contributed by atoms with van der Waals surface area (Å²) in [5, 5.41) is 0. The summed E-state index contributed by atoms with van der Waals surface area (Å²) in [7, 11) is 0. The van der Waals surface area contributed by atoms with Crippen LogP contribution in [0.3, 0.4) is 0 Å². The highest BCUT2D eigenvalue weighted by molar-refractivity contribution is 5.55. The third-order valence-electron chi connectivity index (χ3n) is 2.51. The first kappa shape index (κ1) is 13.3. The zero-order chi connectivity index (χ0) is 14.2. The van der Waals surface area contributed by atoms with Gasteiger partial charge in [-0.25, -0.2) is 4.98 Å². The highest BCUT2D eigenvalue weighted by Crippen LogP contribution is 2.30. The molecule has 0 saturated heterocycles. The van der Waals surface area contributed by atoms with Crippen molar-refractivity contribution >= 4 is 0 Å². The molecular weight excluding hydrogens is 264 g/mol. The molecule has 0 amide bonds. The smallest absolute Gasteiger partial charge is 0.304 e. The molecule has 0 bridgehead atoms. The molecule has 0 spiro atoms. The van der Waals surface area contributed by atoms with Gasteiger partial charge in [-0.15, -0.1) is 0 Å². The van der Waals surface area contributed by atoms with Crippen LogP contribution in [-0.2, 0) is 6.18 Å². The van der Waals surface area contributed by atoms with E-state index >= 15 is 0 Å². The lowest BCUT2D eigenvalue weighted by Crippen LogP contribution is -2.15. The van der Waals surface area contributed by atoms with Gasteiger partial charge in [-0.05, 0) is 19.1 Å². The lowest BCUT2D eigenvalue weighted by molar-refractivity contribution is -0.137. The fourth-order valence-corrected chi connectivity index (χ4v) is 1.53. The van der Waals surface area contributed by atoms with E-state index in [0.29, 0.717) is 0 Å². The number of halogens is 4. The maximum atomic E-state index is 13.1. The SMILES string of the molecule is Cc1nc(-c2ccc(C(F)(F)F)cc2)[nH]c(=O)c1F. The first-order chi connectivity index (χ1) is 8.79.